The van der Waals surface area contributed by atoms with Gasteiger partial charge in [0.25, 0.3) is 11.8 Å². The van der Waals surface area contributed by atoms with Crippen LogP contribution in [0, 0.1) is 20.8 Å². The molecule has 1 aliphatic rings. The summed E-state index contributed by atoms with van der Waals surface area (Å²) in [4.78, 5) is 27.8. The number of ether oxygens (including phenoxy) is 2. The van der Waals surface area contributed by atoms with Crippen LogP contribution in [-0.4, -0.2) is 34.2 Å². The van der Waals surface area contributed by atoms with Gasteiger partial charge >= 0.3 is 0 Å². The molecule has 3 aromatic rings. The van der Waals surface area contributed by atoms with Crippen molar-refractivity contribution in [1.29, 1.82) is 0 Å². The first-order valence-corrected chi connectivity index (χ1v) is 13.5. The zero-order valence-electron chi connectivity index (χ0n) is 21.9. The average molecular weight is 547 g/mol. The summed E-state index contributed by atoms with van der Waals surface area (Å²) in [6, 6.07) is 19.2. The highest BCUT2D eigenvalue weighted by molar-refractivity contribution is 8.26. The number of nitrogens with one attached hydrogen (secondary N) is 1. The number of carbonyl (C=O) groups excluding carboxylic acids is 2. The molecule has 1 heterocycles. The fourth-order valence-corrected chi connectivity index (χ4v) is 5.51. The third kappa shape index (κ3) is 6.62. The third-order valence-corrected chi connectivity index (χ3v) is 7.30. The molecule has 0 saturated carbocycles. The van der Waals surface area contributed by atoms with Crippen LogP contribution in [-0.2, 0) is 16.1 Å². The summed E-state index contributed by atoms with van der Waals surface area (Å²) in [7, 11) is 0. The molecule has 0 unspecified atom stereocenters. The molecule has 0 atom stereocenters. The van der Waals surface area contributed by atoms with Crippen LogP contribution in [0.4, 0.5) is 5.69 Å². The lowest BCUT2D eigenvalue weighted by molar-refractivity contribution is -0.122. The second-order valence-electron chi connectivity index (χ2n) is 9.00. The lowest BCUT2D eigenvalue weighted by Crippen LogP contribution is -2.27. The van der Waals surface area contributed by atoms with Gasteiger partial charge < -0.3 is 14.8 Å². The van der Waals surface area contributed by atoms with E-state index in [1.165, 1.54) is 11.8 Å². The quantitative estimate of drug-likeness (QED) is 0.246. The molecule has 1 fully saturated rings. The van der Waals surface area contributed by atoms with Crippen LogP contribution >= 0.6 is 24.0 Å². The van der Waals surface area contributed by atoms with Gasteiger partial charge in [0.15, 0.2) is 18.1 Å². The summed E-state index contributed by atoms with van der Waals surface area (Å²) in [5, 5.41) is 2.95. The highest BCUT2D eigenvalue weighted by Crippen LogP contribution is 2.35. The molecule has 1 N–H and O–H groups in total. The lowest BCUT2D eigenvalue weighted by atomic mass is 10.1. The van der Waals surface area contributed by atoms with Gasteiger partial charge in [-0.15, -0.1) is 0 Å². The van der Waals surface area contributed by atoms with Crippen molar-refractivity contribution in [2.45, 2.75) is 34.2 Å². The Morgan fingerprint density at radius 1 is 1.00 bits per heavy atom. The van der Waals surface area contributed by atoms with Crippen LogP contribution in [0.25, 0.3) is 6.08 Å². The van der Waals surface area contributed by atoms with Crippen molar-refractivity contribution in [3.63, 3.8) is 0 Å². The van der Waals surface area contributed by atoms with Gasteiger partial charge in [0, 0.05) is 5.69 Å². The summed E-state index contributed by atoms with van der Waals surface area (Å²) >= 11 is 6.75. The first kappa shape index (κ1) is 27.4. The van der Waals surface area contributed by atoms with E-state index in [4.69, 9.17) is 21.7 Å². The van der Waals surface area contributed by atoms with Gasteiger partial charge in [0.1, 0.15) is 4.32 Å². The molecular formula is C30H30N2O4S2. The van der Waals surface area contributed by atoms with Crippen molar-refractivity contribution in [2.75, 3.05) is 18.5 Å². The third-order valence-electron chi connectivity index (χ3n) is 5.92. The van der Waals surface area contributed by atoms with Crippen LogP contribution in [0.5, 0.6) is 11.5 Å². The molecule has 1 aliphatic heterocycles. The second kappa shape index (κ2) is 12.3. The van der Waals surface area contributed by atoms with Crippen LogP contribution in [0.1, 0.15) is 34.7 Å². The predicted molar refractivity (Wildman–Crippen MR) is 158 cm³/mol. The van der Waals surface area contributed by atoms with Gasteiger partial charge in [-0.1, -0.05) is 78.1 Å². The molecule has 6 nitrogen and oxygen atoms in total. The molecule has 0 aromatic heterocycles. The molecule has 0 spiro atoms. The van der Waals surface area contributed by atoms with Crippen LogP contribution < -0.4 is 14.8 Å². The Bertz CT molecular complexity index is 1380. The van der Waals surface area contributed by atoms with Crippen molar-refractivity contribution >= 4 is 51.9 Å². The van der Waals surface area contributed by atoms with E-state index >= 15 is 0 Å². The van der Waals surface area contributed by atoms with Crippen LogP contribution in [0.3, 0.4) is 0 Å². The zero-order valence-corrected chi connectivity index (χ0v) is 23.5. The van der Waals surface area contributed by atoms with Crippen molar-refractivity contribution in [3.8, 4) is 11.5 Å². The van der Waals surface area contributed by atoms with Gasteiger partial charge in [-0.2, -0.15) is 0 Å². The predicted octanol–water partition coefficient (Wildman–Crippen LogP) is 6.43. The average Bonchev–Trinajstić information content (AvgIpc) is 3.14. The Balaban J connectivity index is 1.45. The number of anilines is 1. The summed E-state index contributed by atoms with van der Waals surface area (Å²) < 4.78 is 12.1. The Morgan fingerprint density at radius 3 is 2.39 bits per heavy atom. The normalized spacial score (nSPS) is 14.2. The topological polar surface area (TPSA) is 67.9 Å². The molecule has 4 rings (SSSR count). The fraction of sp³-hybridized carbons (Fsp3) is 0.233. The molecular weight excluding hydrogens is 516 g/mol. The molecule has 3 aromatic carbocycles. The number of hydrogen-bond acceptors (Lipinski definition) is 6. The lowest BCUT2D eigenvalue weighted by Gasteiger charge is -2.15. The van der Waals surface area contributed by atoms with Crippen molar-refractivity contribution in [3.05, 3.63) is 93.4 Å². The van der Waals surface area contributed by atoms with E-state index in [-0.39, 0.29) is 18.4 Å². The zero-order chi connectivity index (χ0) is 27.2. The van der Waals surface area contributed by atoms with Crippen LogP contribution in [0.2, 0.25) is 0 Å². The van der Waals surface area contributed by atoms with E-state index < -0.39 is 0 Å². The van der Waals surface area contributed by atoms with E-state index in [1.807, 2.05) is 76.2 Å². The Labute approximate surface area is 233 Å². The molecule has 196 valence electrons. The van der Waals surface area contributed by atoms with Gasteiger partial charge in [-0.25, -0.2) is 0 Å². The van der Waals surface area contributed by atoms with Gasteiger partial charge in [-0.05, 0) is 68.2 Å². The van der Waals surface area contributed by atoms with Gasteiger partial charge in [0.05, 0.1) is 18.1 Å². The molecule has 38 heavy (non-hydrogen) atoms. The minimum atomic E-state index is -0.256. The molecule has 2 amide bonds. The standard InChI is InChI=1S/C30H30N2O4S2/c1-5-35-25-15-23(16-26-29(34)32(30(37)38-26)17-22-9-7-6-8-10-22)11-12-24(25)36-18-27(33)31-28-20(3)13-19(2)14-21(28)4/h6-16H,5,17-18H2,1-4H3,(H,31,33)/b26-16-. The van der Waals surface area contributed by atoms with Crippen molar-refractivity contribution in [1.82, 2.24) is 4.90 Å². The molecule has 0 bridgehead atoms. The second-order valence-corrected chi connectivity index (χ2v) is 10.7. The monoisotopic (exact) mass is 546 g/mol. The Morgan fingerprint density at radius 2 is 1.71 bits per heavy atom. The van der Waals surface area contributed by atoms with E-state index in [2.05, 4.69) is 5.32 Å². The number of thioether (sulfide) groups is 1. The molecule has 0 aliphatic carbocycles. The Hall–Kier alpha value is -3.62. The summed E-state index contributed by atoms with van der Waals surface area (Å²) in [5.41, 5.74) is 5.75. The number of aryl methyl sites for hydroxylation is 3. The van der Waals surface area contributed by atoms with Gasteiger partial charge in [-0.3, -0.25) is 14.5 Å². The minimum Gasteiger partial charge on any atom is -0.490 e. The Kier molecular flexibility index (Phi) is 8.86. The SMILES string of the molecule is CCOc1cc(/C=C2\SC(=S)N(Cc3ccccc3)C2=O)ccc1OCC(=O)Nc1c(C)cc(C)cc1C. The highest BCUT2D eigenvalue weighted by atomic mass is 32.2. The number of amides is 2. The minimum absolute atomic E-state index is 0.125. The molecule has 1 saturated heterocycles. The number of rotatable bonds is 9. The summed E-state index contributed by atoms with van der Waals surface area (Å²) in [5.74, 6) is 0.568. The number of carbonyl (C=O) groups is 2. The van der Waals surface area contributed by atoms with Crippen molar-refractivity contribution < 1.29 is 19.1 Å². The highest BCUT2D eigenvalue weighted by Gasteiger charge is 2.32. The van der Waals surface area contributed by atoms with E-state index in [9.17, 15) is 9.59 Å². The maximum atomic E-state index is 13.0. The maximum absolute atomic E-state index is 13.0. The van der Waals surface area contributed by atoms with Gasteiger partial charge in [0.2, 0.25) is 0 Å². The summed E-state index contributed by atoms with van der Waals surface area (Å²) in [6.07, 6.45) is 1.80. The number of hydrogen-bond donors (Lipinski definition) is 1. The smallest absolute Gasteiger partial charge is 0.266 e. The number of thiocarbonyl (C=S) groups is 1. The van der Waals surface area contributed by atoms with Crippen LogP contribution in [0.15, 0.2) is 65.6 Å². The van der Waals surface area contributed by atoms with E-state index in [0.29, 0.717) is 33.9 Å². The van der Waals surface area contributed by atoms with Crippen molar-refractivity contribution in [2.24, 2.45) is 0 Å². The maximum Gasteiger partial charge on any atom is 0.266 e. The number of nitrogens with zero attached hydrogens (tertiary/aromatic N) is 1. The van der Waals surface area contributed by atoms with E-state index in [0.717, 1.165) is 33.5 Å². The molecule has 8 heteroatoms. The first-order valence-electron chi connectivity index (χ1n) is 12.3. The molecule has 0 radical (unpaired) electrons. The summed E-state index contributed by atoms with van der Waals surface area (Å²) in [6.45, 7) is 8.54. The first-order chi connectivity index (χ1) is 18.2. The number of benzene rings is 3. The van der Waals surface area contributed by atoms with E-state index in [1.54, 1.807) is 23.1 Å². The fourth-order valence-electron chi connectivity index (χ4n) is 4.25. The largest absolute Gasteiger partial charge is 0.490 e.